The van der Waals surface area contributed by atoms with E-state index in [2.05, 4.69) is 19.2 Å². The Bertz CT molecular complexity index is 261. The zero-order valence-corrected chi connectivity index (χ0v) is 12.0. The summed E-state index contributed by atoms with van der Waals surface area (Å²) in [5.41, 5.74) is 0.477. The fourth-order valence-electron chi connectivity index (χ4n) is 2.64. The summed E-state index contributed by atoms with van der Waals surface area (Å²) in [4.78, 5) is 13.5. The minimum absolute atomic E-state index is 0.0591. The smallest absolute Gasteiger partial charge is 0.238 e. The van der Waals surface area contributed by atoms with Crippen LogP contribution in [0.3, 0.4) is 0 Å². The second kappa shape index (κ2) is 5.85. The Labute approximate surface area is 106 Å². The van der Waals surface area contributed by atoms with E-state index in [1.165, 1.54) is 32.1 Å². The molecule has 0 spiro atoms. The van der Waals surface area contributed by atoms with Crippen LogP contribution in [0, 0.1) is 5.41 Å². The lowest BCUT2D eigenvalue weighted by molar-refractivity contribution is -0.130. The van der Waals surface area contributed by atoms with E-state index < -0.39 is 0 Å². The van der Waals surface area contributed by atoms with E-state index in [4.69, 9.17) is 0 Å². The molecule has 2 unspecified atom stereocenters. The maximum Gasteiger partial charge on any atom is 0.238 e. The summed E-state index contributed by atoms with van der Waals surface area (Å²) in [6.07, 6.45) is 6.23. The van der Waals surface area contributed by atoms with Crippen molar-refractivity contribution in [1.82, 2.24) is 10.2 Å². The molecule has 0 bridgehead atoms. The van der Waals surface area contributed by atoms with E-state index in [0.29, 0.717) is 11.5 Å². The molecule has 0 aliphatic heterocycles. The van der Waals surface area contributed by atoms with Crippen molar-refractivity contribution >= 4 is 5.91 Å². The van der Waals surface area contributed by atoms with Gasteiger partial charge in [-0.15, -0.1) is 0 Å². The molecule has 1 fully saturated rings. The minimum atomic E-state index is -0.0591. The molecule has 17 heavy (non-hydrogen) atoms. The van der Waals surface area contributed by atoms with Gasteiger partial charge in [-0.2, -0.15) is 0 Å². The van der Waals surface area contributed by atoms with Gasteiger partial charge in [-0.3, -0.25) is 4.79 Å². The van der Waals surface area contributed by atoms with E-state index in [-0.39, 0.29) is 11.9 Å². The fraction of sp³-hybridized carbons (Fsp3) is 0.929. The van der Waals surface area contributed by atoms with Crippen molar-refractivity contribution in [1.29, 1.82) is 0 Å². The largest absolute Gasteiger partial charge is 0.347 e. The number of rotatable bonds is 3. The van der Waals surface area contributed by atoms with Gasteiger partial charge in [0.1, 0.15) is 0 Å². The van der Waals surface area contributed by atoms with Crippen LogP contribution in [-0.2, 0) is 4.79 Å². The Morgan fingerprint density at radius 1 is 1.29 bits per heavy atom. The molecule has 1 aliphatic rings. The highest BCUT2D eigenvalue weighted by Crippen LogP contribution is 2.33. The molecule has 1 saturated carbocycles. The van der Waals surface area contributed by atoms with E-state index in [9.17, 15) is 4.79 Å². The van der Waals surface area contributed by atoms with E-state index >= 15 is 0 Å². The molecule has 0 radical (unpaired) electrons. The Balaban J connectivity index is 2.44. The van der Waals surface area contributed by atoms with Gasteiger partial charge in [-0.1, -0.05) is 20.3 Å². The molecular formula is C14H28N2O. The molecule has 2 atom stereocenters. The Morgan fingerprint density at radius 3 is 2.53 bits per heavy atom. The predicted octanol–water partition coefficient (Wildman–Crippen LogP) is 2.41. The summed E-state index contributed by atoms with van der Waals surface area (Å²) in [5.74, 6) is 0.175. The normalized spacial score (nSPS) is 26.1. The molecule has 1 amide bonds. The SMILES string of the molecule is CC(NC1CCCC(C)(C)CC1)C(=O)N(C)C. The van der Waals surface area contributed by atoms with Crippen molar-refractivity contribution in [3.8, 4) is 0 Å². The summed E-state index contributed by atoms with van der Waals surface area (Å²) < 4.78 is 0. The number of hydrogen-bond donors (Lipinski definition) is 1. The zero-order chi connectivity index (χ0) is 13.1. The van der Waals surface area contributed by atoms with Gasteiger partial charge in [-0.05, 0) is 38.0 Å². The topological polar surface area (TPSA) is 32.3 Å². The molecule has 0 aromatic heterocycles. The molecule has 1 N–H and O–H groups in total. The average molecular weight is 240 g/mol. The van der Waals surface area contributed by atoms with Crippen molar-refractivity contribution in [2.45, 2.75) is 65.0 Å². The van der Waals surface area contributed by atoms with Crippen LogP contribution in [0.4, 0.5) is 0 Å². The van der Waals surface area contributed by atoms with Gasteiger partial charge in [0.05, 0.1) is 6.04 Å². The van der Waals surface area contributed by atoms with Crippen LogP contribution in [0.25, 0.3) is 0 Å². The predicted molar refractivity (Wildman–Crippen MR) is 71.9 cm³/mol. The Hall–Kier alpha value is -0.570. The van der Waals surface area contributed by atoms with Crippen LogP contribution < -0.4 is 5.32 Å². The average Bonchev–Trinajstić information content (AvgIpc) is 2.39. The standard InChI is InChI=1S/C14H28N2O/c1-11(13(17)16(4)5)15-12-7-6-9-14(2,3)10-8-12/h11-12,15H,6-10H2,1-5H3. The molecule has 3 heteroatoms. The fourth-order valence-corrected chi connectivity index (χ4v) is 2.64. The molecule has 0 aromatic carbocycles. The number of amides is 1. The number of nitrogens with zero attached hydrogens (tertiary/aromatic N) is 1. The van der Waals surface area contributed by atoms with Crippen LogP contribution in [0.5, 0.6) is 0 Å². The highest BCUT2D eigenvalue weighted by molar-refractivity contribution is 5.80. The van der Waals surface area contributed by atoms with E-state index in [0.717, 1.165) is 0 Å². The summed E-state index contributed by atoms with van der Waals surface area (Å²) in [6, 6.07) is 0.451. The lowest BCUT2D eigenvalue weighted by Crippen LogP contribution is -2.46. The quantitative estimate of drug-likeness (QED) is 0.768. The van der Waals surface area contributed by atoms with Gasteiger partial charge in [0.2, 0.25) is 5.91 Å². The highest BCUT2D eigenvalue weighted by Gasteiger charge is 2.26. The van der Waals surface area contributed by atoms with Gasteiger partial charge in [0.25, 0.3) is 0 Å². The van der Waals surface area contributed by atoms with Crippen LogP contribution in [0.2, 0.25) is 0 Å². The first-order valence-corrected chi connectivity index (χ1v) is 6.79. The molecular weight excluding hydrogens is 212 g/mol. The van der Waals surface area contributed by atoms with Crippen molar-refractivity contribution in [2.75, 3.05) is 14.1 Å². The third-order valence-electron chi connectivity index (χ3n) is 3.87. The van der Waals surface area contributed by atoms with Gasteiger partial charge < -0.3 is 10.2 Å². The van der Waals surface area contributed by atoms with Crippen LogP contribution in [0.1, 0.15) is 52.9 Å². The maximum atomic E-state index is 11.8. The van der Waals surface area contributed by atoms with Crippen molar-refractivity contribution < 1.29 is 4.79 Å². The molecule has 1 aliphatic carbocycles. The molecule has 100 valence electrons. The summed E-state index contributed by atoms with van der Waals surface area (Å²) in [7, 11) is 3.63. The summed E-state index contributed by atoms with van der Waals surface area (Å²) in [6.45, 7) is 6.67. The monoisotopic (exact) mass is 240 g/mol. The van der Waals surface area contributed by atoms with Crippen LogP contribution in [0.15, 0.2) is 0 Å². The summed E-state index contributed by atoms with van der Waals surface area (Å²) >= 11 is 0. The van der Waals surface area contributed by atoms with Gasteiger partial charge in [-0.25, -0.2) is 0 Å². The van der Waals surface area contributed by atoms with Crippen LogP contribution >= 0.6 is 0 Å². The van der Waals surface area contributed by atoms with Gasteiger partial charge >= 0.3 is 0 Å². The number of carbonyl (C=O) groups excluding carboxylic acids is 1. The zero-order valence-electron chi connectivity index (χ0n) is 12.0. The van der Waals surface area contributed by atoms with Crippen molar-refractivity contribution in [2.24, 2.45) is 5.41 Å². The first-order valence-electron chi connectivity index (χ1n) is 6.79. The third-order valence-corrected chi connectivity index (χ3v) is 3.87. The van der Waals surface area contributed by atoms with Crippen molar-refractivity contribution in [3.05, 3.63) is 0 Å². The third kappa shape index (κ3) is 4.66. The van der Waals surface area contributed by atoms with Gasteiger partial charge in [0, 0.05) is 20.1 Å². The Kier molecular flexibility index (Phi) is 4.99. The lowest BCUT2D eigenvalue weighted by atomic mass is 9.85. The van der Waals surface area contributed by atoms with Crippen LogP contribution in [-0.4, -0.2) is 37.0 Å². The second-order valence-corrected chi connectivity index (χ2v) is 6.41. The maximum absolute atomic E-state index is 11.8. The van der Waals surface area contributed by atoms with E-state index in [1.807, 2.05) is 21.0 Å². The molecule has 0 heterocycles. The molecule has 0 saturated heterocycles. The van der Waals surface area contributed by atoms with Crippen molar-refractivity contribution in [3.63, 3.8) is 0 Å². The lowest BCUT2D eigenvalue weighted by Gasteiger charge is -2.25. The van der Waals surface area contributed by atoms with Gasteiger partial charge in [0.15, 0.2) is 0 Å². The number of carbonyl (C=O) groups is 1. The van der Waals surface area contributed by atoms with E-state index in [1.54, 1.807) is 4.90 Å². The number of nitrogens with one attached hydrogen (secondary N) is 1. The summed E-state index contributed by atoms with van der Waals surface area (Å²) in [5, 5.41) is 3.49. The highest BCUT2D eigenvalue weighted by atomic mass is 16.2. The number of likely N-dealkylation sites (N-methyl/N-ethyl adjacent to an activating group) is 1. The molecule has 0 aromatic rings. The Morgan fingerprint density at radius 2 is 1.94 bits per heavy atom. The molecule has 3 nitrogen and oxygen atoms in total. The first-order chi connectivity index (χ1) is 7.82. The first kappa shape index (κ1) is 14.5. The minimum Gasteiger partial charge on any atom is -0.347 e. The second-order valence-electron chi connectivity index (χ2n) is 6.41. The molecule has 1 rings (SSSR count). The number of hydrogen-bond acceptors (Lipinski definition) is 2.